The molecule has 1 unspecified atom stereocenters. The fourth-order valence-corrected chi connectivity index (χ4v) is 3.15. The molecule has 1 aromatic heterocycles. The van der Waals surface area contributed by atoms with Crippen LogP contribution in [0.2, 0.25) is 0 Å². The molecule has 0 saturated heterocycles. The minimum absolute atomic E-state index is 0.321. The largest absolute Gasteiger partial charge is 0.467 e. The van der Waals surface area contributed by atoms with Crippen LogP contribution in [0.5, 0.6) is 0 Å². The van der Waals surface area contributed by atoms with Crippen LogP contribution in [-0.4, -0.2) is 35.8 Å². The van der Waals surface area contributed by atoms with Crippen LogP contribution in [0.4, 0.5) is 0 Å². The number of rotatable bonds is 8. The number of thioether (sulfide) groups is 1. The van der Waals surface area contributed by atoms with E-state index in [1.165, 1.54) is 18.9 Å². The number of carbonyl (C=O) groups excluding carboxylic acids is 2. The van der Waals surface area contributed by atoms with Crippen LogP contribution < -0.4 is 5.32 Å². The van der Waals surface area contributed by atoms with Gasteiger partial charge in [-0.1, -0.05) is 37.3 Å². The summed E-state index contributed by atoms with van der Waals surface area (Å²) >= 11 is 1.53. The molecule has 0 spiro atoms. The van der Waals surface area contributed by atoms with Crippen molar-refractivity contribution >= 4 is 23.6 Å². The molecule has 0 aliphatic rings. The minimum Gasteiger partial charge on any atom is -0.467 e. The molecule has 2 rings (SSSR count). The Hall–Kier alpha value is -2.34. The molecular formula is C19H22N2O3S. The second kappa shape index (κ2) is 9.84. The number of carbonyl (C=O) groups is 2. The highest BCUT2D eigenvalue weighted by atomic mass is 32.2. The number of amides is 1. The Morgan fingerprint density at radius 1 is 1.20 bits per heavy atom. The summed E-state index contributed by atoms with van der Waals surface area (Å²) in [6, 6.07) is 12.2. The molecule has 1 heterocycles. The summed E-state index contributed by atoms with van der Waals surface area (Å²) in [7, 11) is 1.32. The maximum absolute atomic E-state index is 12.7. The van der Waals surface area contributed by atoms with Gasteiger partial charge in [0, 0.05) is 12.6 Å². The average Bonchev–Trinajstić information content (AvgIpc) is 2.66. The van der Waals surface area contributed by atoms with Gasteiger partial charge in [0.2, 0.25) is 0 Å². The highest BCUT2D eigenvalue weighted by molar-refractivity contribution is 7.99. The third kappa shape index (κ3) is 5.60. The molecule has 0 saturated carbocycles. The van der Waals surface area contributed by atoms with Crippen molar-refractivity contribution in [1.29, 1.82) is 0 Å². The Bertz CT molecular complexity index is 707. The van der Waals surface area contributed by atoms with Gasteiger partial charge < -0.3 is 10.1 Å². The molecule has 25 heavy (non-hydrogen) atoms. The number of benzene rings is 1. The smallest absolute Gasteiger partial charge is 0.328 e. The van der Waals surface area contributed by atoms with E-state index in [-0.39, 0.29) is 5.91 Å². The first kappa shape index (κ1) is 19.0. The van der Waals surface area contributed by atoms with Crippen LogP contribution in [0.25, 0.3) is 0 Å². The normalized spacial score (nSPS) is 11.6. The van der Waals surface area contributed by atoms with E-state index in [0.717, 1.165) is 17.7 Å². The van der Waals surface area contributed by atoms with Crippen LogP contribution in [0, 0.1) is 0 Å². The van der Waals surface area contributed by atoms with E-state index in [1.807, 2.05) is 30.3 Å². The lowest BCUT2D eigenvalue weighted by Gasteiger charge is -2.17. The zero-order chi connectivity index (χ0) is 18.1. The summed E-state index contributed by atoms with van der Waals surface area (Å²) in [6.45, 7) is 2.07. The van der Waals surface area contributed by atoms with Gasteiger partial charge in [-0.2, -0.15) is 0 Å². The molecule has 1 amide bonds. The number of ether oxygens (including phenoxy) is 1. The number of aromatic nitrogens is 1. The number of esters is 1. The Labute approximate surface area is 152 Å². The second-order valence-corrected chi connectivity index (χ2v) is 6.53. The Morgan fingerprint density at radius 3 is 2.64 bits per heavy atom. The van der Waals surface area contributed by atoms with Gasteiger partial charge in [0.25, 0.3) is 5.91 Å². The molecule has 0 aliphatic carbocycles. The first-order valence-corrected chi connectivity index (χ1v) is 9.14. The topological polar surface area (TPSA) is 68.3 Å². The van der Waals surface area contributed by atoms with E-state index in [9.17, 15) is 9.59 Å². The van der Waals surface area contributed by atoms with Gasteiger partial charge in [-0.05, 0) is 29.9 Å². The van der Waals surface area contributed by atoms with Crippen molar-refractivity contribution in [3.8, 4) is 0 Å². The molecule has 0 aliphatic heterocycles. The predicted octanol–water partition coefficient (Wildman–Crippen LogP) is 3.10. The molecule has 1 N–H and O–H groups in total. The van der Waals surface area contributed by atoms with Crippen molar-refractivity contribution < 1.29 is 14.3 Å². The molecule has 2 aromatic rings. The lowest BCUT2D eigenvalue weighted by molar-refractivity contribution is -0.142. The van der Waals surface area contributed by atoms with Crippen molar-refractivity contribution in [2.45, 2.75) is 30.8 Å². The first-order chi connectivity index (χ1) is 12.2. The number of hydrogen-bond acceptors (Lipinski definition) is 5. The SMILES string of the molecule is CCCSc1ncccc1C(=O)NC(Cc1ccccc1)C(=O)OC. The Kier molecular flexibility index (Phi) is 7.47. The average molecular weight is 358 g/mol. The van der Waals surface area contributed by atoms with Crippen LogP contribution >= 0.6 is 11.8 Å². The molecule has 1 atom stereocenters. The summed E-state index contributed by atoms with van der Waals surface area (Å²) in [6.07, 6.45) is 3.02. The molecular weight excluding hydrogens is 336 g/mol. The van der Waals surface area contributed by atoms with Gasteiger partial charge in [-0.3, -0.25) is 4.79 Å². The van der Waals surface area contributed by atoms with Crippen LogP contribution in [0.1, 0.15) is 29.3 Å². The molecule has 0 radical (unpaired) electrons. The van der Waals surface area contributed by atoms with Gasteiger partial charge in [-0.25, -0.2) is 9.78 Å². The summed E-state index contributed by atoms with van der Waals surface area (Å²) in [4.78, 5) is 29.0. The van der Waals surface area contributed by atoms with Gasteiger partial charge >= 0.3 is 5.97 Å². The van der Waals surface area contributed by atoms with E-state index in [0.29, 0.717) is 17.0 Å². The number of pyridine rings is 1. The van der Waals surface area contributed by atoms with E-state index < -0.39 is 12.0 Å². The molecule has 0 bridgehead atoms. The molecule has 1 aromatic carbocycles. The van der Waals surface area contributed by atoms with Gasteiger partial charge in [0.05, 0.1) is 12.7 Å². The maximum Gasteiger partial charge on any atom is 0.328 e. The number of nitrogens with one attached hydrogen (secondary N) is 1. The van der Waals surface area contributed by atoms with E-state index in [2.05, 4.69) is 17.2 Å². The van der Waals surface area contributed by atoms with Crippen molar-refractivity contribution in [2.24, 2.45) is 0 Å². The van der Waals surface area contributed by atoms with Crippen LogP contribution in [0.15, 0.2) is 53.7 Å². The van der Waals surface area contributed by atoms with Crippen molar-refractivity contribution in [3.63, 3.8) is 0 Å². The highest BCUT2D eigenvalue weighted by Crippen LogP contribution is 2.20. The zero-order valence-electron chi connectivity index (χ0n) is 14.4. The van der Waals surface area contributed by atoms with E-state index in [1.54, 1.807) is 18.3 Å². The Balaban J connectivity index is 2.15. The van der Waals surface area contributed by atoms with E-state index in [4.69, 9.17) is 4.74 Å². The van der Waals surface area contributed by atoms with Gasteiger partial charge in [0.1, 0.15) is 11.1 Å². The van der Waals surface area contributed by atoms with Crippen molar-refractivity contribution in [3.05, 3.63) is 59.8 Å². The molecule has 0 fully saturated rings. The minimum atomic E-state index is -0.746. The van der Waals surface area contributed by atoms with Crippen LogP contribution in [0.3, 0.4) is 0 Å². The highest BCUT2D eigenvalue weighted by Gasteiger charge is 2.24. The van der Waals surface area contributed by atoms with Crippen molar-refractivity contribution in [1.82, 2.24) is 10.3 Å². The lowest BCUT2D eigenvalue weighted by Crippen LogP contribution is -2.43. The van der Waals surface area contributed by atoms with E-state index >= 15 is 0 Å². The predicted molar refractivity (Wildman–Crippen MR) is 98.7 cm³/mol. The monoisotopic (exact) mass is 358 g/mol. The quantitative estimate of drug-likeness (QED) is 0.580. The number of methoxy groups -OCH3 is 1. The molecule has 5 nitrogen and oxygen atoms in total. The summed E-state index contributed by atoms with van der Waals surface area (Å²) in [5, 5.41) is 3.45. The lowest BCUT2D eigenvalue weighted by atomic mass is 10.1. The third-order valence-corrected chi connectivity index (χ3v) is 4.74. The van der Waals surface area contributed by atoms with Crippen molar-refractivity contribution in [2.75, 3.05) is 12.9 Å². The van der Waals surface area contributed by atoms with Gasteiger partial charge in [0.15, 0.2) is 0 Å². The Morgan fingerprint density at radius 2 is 1.96 bits per heavy atom. The third-order valence-electron chi connectivity index (χ3n) is 3.53. The molecule has 6 heteroatoms. The summed E-state index contributed by atoms with van der Waals surface area (Å²) < 4.78 is 4.84. The maximum atomic E-state index is 12.7. The fraction of sp³-hybridized carbons (Fsp3) is 0.316. The fourth-order valence-electron chi connectivity index (χ4n) is 2.30. The number of nitrogens with zero attached hydrogens (tertiary/aromatic N) is 1. The zero-order valence-corrected chi connectivity index (χ0v) is 15.2. The summed E-state index contributed by atoms with van der Waals surface area (Å²) in [5.41, 5.74) is 1.42. The second-order valence-electron chi connectivity index (χ2n) is 5.44. The molecule has 132 valence electrons. The van der Waals surface area contributed by atoms with Crippen LogP contribution in [-0.2, 0) is 16.0 Å². The van der Waals surface area contributed by atoms with Gasteiger partial charge in [-0.15, -0.1) is 11.8 Å². The number of hydrogen-bond donors (Lipinski definition) is 1. The standard InChI is InChI=1S/C19H22N2O3S/c1-3-12-25-18-15(10-7-11-20-18)17(22)21-16(19(23)24-2)13-14-8-5-4-6-9-14/h4-11,16H,3,12-13H2,1-2H3,(H,21,22). The first-order valence-electron chi connectivity index (χ1n) is 8.16. The summed E-state index contributed by atoms with van der Waals surface area (Å²) in [5.74, 6) is 0.0868.